The van der Waals surface area contributed by atoms with Crippen molar-refractivity contribution in [2.45, 2.75) is 64.5 Å². The smallest absolute Gasteiger partial charge is 0.243 e. The quantitative estimate of drug-likeness (QED) is 0.788. The fourth-order valence-electron chi connectivity index (χ4n) is 4.11. The van der Waals surface area contributed by atoms with Gasteiger partial charge in [-0.2, -0.15) is 0 Å². The monoisotopic (exact) mass is 394 g/mol. The van der Waals surface area contributed by atoms with Gasteiger partial charge in [-0.15, -0.1) is 0 Å². The molecule has 1 saturated carbocycles. The van der Waals surface area contributed by atoms with Crippen LogP contribution in [-0.4, -0.2) is 35.3 Å². The van der Waals surface area contributed by atoms with Gasteiger partial charge >= 0.3 is 0 Å². The Morgan fingerprint density at radius 1 is 1.41 bits per heavy atom. The number of hydrogen-bond acceptors (Lipinski definition) is 2. The van der Waals surface area contributed by atoms with Gasteiger partial charge < -0.3 is 10.2 Å². The van der Waals surface area contributed by atoms with Gasteiger partial charge in [-0.3, -0.25) is 9.59 Å². The van der Waals surface area contributed by atoms with Crippen molar-refractivity contribution in [3.63, 3.8) is 0 Å². The molecule has 0 unspecified atom stereocenters. The summed E-state index contributed by atoms with van der Waals surface area (Å²) in [6.45, 7) is 6.72. The summed E-state index contributed by atoms with van der Waals surface area (Å²) in [4.78, 5) is 27.6. The second-order valence-electron chi connectivity index (χ2n) is 8.24. The third kappa shape index (κ3) is 4.45. The molecule has 0 aromatic heterocycles. The highest BCUT2D eigenvalue weighted by Gasteiger charge is 2.50. The van der Waals surface area contributed by atoms with Crippen LogP contribution in [0.25, 0.3) is 0 Å². The molecule has 6 heteroatoms. The van der Waals surface area contributed by atoms with Gasteiger partial charge in [0.15, 0.2) is 0 Å². The minimum absolute atomic E-state index is 0.000620. The largest absolute Gasteiger partial charge is 0.350 e. The minimum Gasteiger partial charge on any atom is -0.350 e. The van der Waals surface area contributed by atoms with Crippen molar-refractivity contribution in [3.8, 4) is 0 Å². The van der Waals surface area contributed by atoms with Gasteiger partial charge in [-0.1, -0.05) is 44.9 Å². The molecule has 2 aliphatic rings. The summed E-state index contributed by atoms with van der Waals surface area (Å²) < 4.78 is 14.2. The average Bonchev–Trinajstić information content (AvgIpc) is 3.36. The van der Waals surface area contributed by atoms with Gasteiger partial charge in [0.1, 0.15) is 11.9 Å². The van der Waals surface area contributed by atoms with E-state index in [1.165, 1.54) is 6.07 Å². The highest BCUT2D eigenvalue weighted by molar-refractivity contribution is 6.30. The first-order chi connectivity index (χ1) is 12.8. The van der Waals surface area contributed by atoms with E-state index in [0.717, 1.165) is 12.8 Å². The van der Waals surface area contributed by atoms with E-state index in [-0.39, 0.29) is 35.5 Å². The number of hydrogen-bond donors (Lipinski definition) is 1. The lowest BCUT2D eigenvalue weighted by atomic mass is 9.96. The molecule has 27 heavy (non-hydrogen) atoms. The molecule has 1 heterocycles. The Morgan fingerprint density at radius 2 is 2.15 bits per heavy atom. The zero-order chi connectivity index (χ0) is 19.7. The number of rotatable bonds is 6. The van der Waals surface area contributed by atoms with Crippen molar-refractivity contribution in [1.82, 2.24) is 10.2 Å². The van der Waals surface area contributed by atoms with E-state index in [2.05, 4.69) is 26.1 Å². The van der Waals surface area contributed by atoms with Crippen LogP contribution >= 0.6 is 11.6 Å². The van der Waals surface area contributed by atoms with E-state index in [0.29, 0.717) is 35.9 Å². The number of halogens is 2. The summed E-state index contributed by atoms with van der Waals surface area (Å²) in [7, 11) is 0. The van der Waals surface area contributed by atoms with E-state index in [1.807, 2.05) is 0 Å². The summed E-state index contributed by atoms with van der Waals surface area (Å²) in [5.41, 5.74) is 0.546. The summed E-state index contributed by atoms with van der Waals surface area (Å²) in [6, 6.07) is 4.20. The van der Waals surface area contributed by atoms with E-state index < -0.39 is 6.04 Å². The van der Waals surface area contributed by atoms with E-state index in [9.17, 15) is 14.0 Å². The van der Waals surface area contributed by atoms with Gasteiger partial charge in [-0.05, 0) is 48.8 Å². The highest BCUT2D eigenvalue weighted by Crippen LogP contribution is 2.50. The number of amides is 2. The molecule has 2 fully saturated rings. The molecule has 3 rings (SSSR count). The Labute approximate surface area is 165 Å². The lowest BCUT2D eigenvalue weighted by Gasteiger charge is -2.40. The Balaban J connectivity index is 1.76. The zero-order valence-corrected chi connectivity index (χ0v) is 16.9. The molecule has 1 aromatic rings. The summed E-state index contributed by atoms with van der Waals surface area (Å²) in [5, 5.41) is 3.42. The molecule has 148 valence electrons. The standard InChI is InChI=1S/C21H28ClFN2O2/c1-4-5-14-11-25(19(8-12(2)3)20(26)24-14)21(27)17-10-16(17)15-7-6-13(22)9-18(15)23/h6-7,9,12,14,16-17,19H,4-5,8,10-11H2,1-3H3,(H,24,26)/t14-,16-,17+,19-/m0/s1. The third-order valence-corrected chi connectivity index (χ3v) is 5.76. The predicted octanol–water partition coefficient (Wildman–Crippen LogP) is 4.12. The van der Waals surface area contributed by atoms with Crippen LogP contribution in [0, 0.1) is 17.7 Å². The third-order valence-electron chi connectivity index (χ3n) is 5.53. The number of nitrogens with one attached hydrogen (secondary N) is 1. The molecule has 0 spiro atoms. The van der Waals surface area contributed by atoms with Crippen molar-refractivity contribution in [1.29, 1.82) is 0 Å². The van der Waals surface area contributed by atoms with E-state index in [1.54, 1.807) is 17.0 Å². The molecular formula is C21H28ClFN2O2. The number of benzene rings is 1. The van der Waals surface area contributed by atoms with Crippen molar-refractivity contribution in [3.05, 3.63) is 34.6 Å². The van der Waals surface area contributed by atoms with Crippen LogP contribution in [0.5, 0.6) is 0 Å². The van der Waals surface area contributed by atoms with Crippen molar-refractivity contribution in [2.75, 3.05) is 6.54 Å². The van der Waals surface area contributed by atoms with E-state index >= 15 is 0 Å². The lowest BCUT2D eigenvalue weighted by Crippen LogP contribution is -2.62. The van der Waals surface area contributed by atoms with Crippen LogP contribution in [0.2, 0.25) is 5.02 Å². The summed E-state index contributed by atoms with van der Waals surface area (Å²) >= 11 is 5.83. The maximum atomic E-state index is 14.2. The Kier molecular flexibility index (Phi) is 6.09. The number of carbonyl (C=O) groups is 2. The van der Waals surface area contributed by atoms with Gasteiger partial charge in [0.25, 0.3) is 0 Å². The van der Waals surface area contributed by atoms with Crippen LogP contribution in [-0.2, 0) is 9.59 Å². The van der Waals surface area contributed by atoms with E-state index in [4.69, 9.17) is 11.6 Å². The summed E-state index contributed by atoms with van der Waals surface area (Å²) in [5.74, 6) is -0.496. The first kappa shape index (κ1) is 20.1. The molecular weight excluding hydrogens is 367 g/mol. The molecule has 4 atom stereocenters. The van der Waals surface area contributed by atoms with Gasteiger partial charge in [0.05, 0.1) is 0 Å². The number of piperazine rings is 1. The first-order valence-corrected chi connectivity index (χ1v) is 10.2. The Bertz CT molecular complexity index is 724. The fraction of sp³-hybridized carbons (Fsp3) is 0.619. The zero-order valence-electron chi connectivity index (χ0n) is 16.2. The normalized spacial score (nSPS) is 27.6. The van der Waals surface area contributed by atoms with Crippen LogP contribution in [0.3, 0.4) is 0 Å². The molecule has 0 bridgehead atoms. The van der Waals surface area contributed by atoms with Crippen molar-refractivity contribution in [2.24, 2.45) is 11.8 Å². The molecule has 4 nitrogen and oxygen atoms in total. The molecule has 0 radical (unpaired) electrons. The molecule has 1 aliphatic carbocycles. The lowest BCUT2D eigenvalue weighted by molar-refractivity contribution is -0.146. The number of carbonyl (C=O) groups excluding carboxylic acids is 2. The van der Waals surface area contributed by atoms with Gasteiger partial charge in [0.2, 0.25) is 11.8 Å². The maximum absolute atomic E-state index is 14.2. The molecule has 2 amide bonds. The van der Waals surface area contributed by atoms with Crippen LogP contribution in [0.4, 0.5) is 4.39 Å². The number of nitrogens with zero attached hydrogens (tertiary/aromatic N) is 1. The van der Waals surface area contributed by atoms with Gasteiger partial charge in [0, 0.05) is 23.5 Å². The second kappa shape index (κ2) is 8.17. The van der Waals surface area contributed by atoms with Gasteiger partial charge in [-0.25, -0.2) is 4.39 Å². The fourth-order valence-corrected chi connectivity index (χ4v) is 4.27. The molecule has 1 saturated heterocycles. The molecule has 1 aromatic carbocycles. The molecule has 1 aliphatic heterocycles. The topological polar surface area (TPSA) is 49.4 Å². The Morgan fingerprint density at radius 3 is 2.78 bits per heavy atom. The second-order valence-corrected chi connectivity index (χ2v) is 8.68. The van der Waals surface area contributed by atoms with Crippen LogP contribution in [0.15, 0.2) is 18.2 Å². The van der Waals surface area contributed by atoms with Crippen molar-refractivity contribution < 1.29 is 14.0 Å². The van der Waals surface area contributed by atoms with Crippen molar-refractivity contribution >= 4 is 23.4 Å². The minimum atomic E-state index is -0.429. The van der Waals surface area contributed by atoms with Crippen LogP contribution in [0.1, 0.15) is 57.9 Å². The SMILES string of the molecule is CCC[C@H]1CN(C(=O)[C@@H]2C[C@H]2c2ccc(Cl)cc2F)[C@@H](CC(C)C)C(=O)N1. The first-order valence-electron chi connectivity index (χ1n) is 9.87. The van der Waals surface area contributed by atoms with Crippen LogP contribution < -0.4 is 5.32 Å². The highest BCUT2D eigenvalue weighted by atomic mass is 35.5. The predicted molar refractivity (Wildman–Crippen MR) is 104 cm³/mol. The average molecular weight is 395 g/mol. The molecule has 1 N–H and O–H groups in total. The maximum Gasteiger partial charge on any atom is 0.243 e. The summed E-state index contributed by atoms with van der Waals surface area (Å²) in [6.07, 6.45) is 3.07. The Hall–Kier alpha value is -1.62.